The van der Waals surface area contributed by atoms with Crippen LogP contribution in [0.2, 0.25) is 0 Å². The smallest absolute Gasteiger partial charge is 0.313 e. The van der Waals surface area contributed by atoms with Crippen LogP contribution in [0.25, 0.3) is 0 Å². The quantitative estimate of drug-likeness (QED) is 0.679. The van der Waals surface area contributed by atoms with E-state index in [-0.39, 0.29) is 0 Å². The van der Waals surface area contributed by atoms with Crippen molar-refractivity contribution in [3.05, 3.63) is 0 Å². The zero-order chi connectivity index (χ0) is 8.20. The number of hydrogen-bond donors (Lipinski definition) is 1. The van der Waals surface area contributed by atoms with Gasteiger partial charge < -0.3 is 4.52 Å². The van der Waals surface area contributed by atoms with Gasteiger partial charge in [0.1, 0.15) is 0 Å². The predicted octanol–water partition coefficient (Wildman–Crippen LogP) is 2.23. The van der Waals surface area contributed by atoms with Gasteiger partial charge in [-0.15, -0.1) is 0 Å². The van der Waals surface area contributed by atoms with Crippen molar-refractivity contribution in [3.63, 3.8) is 0 Å². The van der Waals surface area contributed by atoms with Gasteiger partial charge >= 0.3 is 6.72 Å². The van der Waals surface area contributed by atoms with Gasteiger partial charge in [-0.3, -0.25) is 10.1 Å². The Balaban J connectivity index is 3.77. The molecule has 5 heteroatoms. The van der Waals surface area contributed by atoms with E-state index in [1.165, 1.54) is 18.5 Å². The van der Waals surface area contributed by atoms with Crippen LogP contribution in [-0.4, -0.2) is 12.4 Å². The molecular weight excluding hydrogens is 169 g/mol. The summed E-state index contributed by atoms with van der Waals surface area (Å²) < 4.78 is 15.7. The zero-order valence-electron chi connectivity index (χ0n) is 6.53. The van der Waals surface area contributed by atoms with Gasteiger partial charge in [0.15, 0.2) is 0 Å². The molecular formula is C5H14NO2PS. The van der Waals surface area contributed by atoms with E-state index >= 15 is 0 Å². The van der Waals surface area contributed by atoms with Gasteiger partial charge in [0.2, 0.25) is 0 Å². The minimum atomic E-state index is -2.83. The predicted molar refractivity (Wildman–Crippen MR) is 46.1 cm³/mol. The van der Waals surface area contributed by atoms with Crippen LogP contribution in [-0.2, 0) is 9.09 Å². The molecule has 0 aliphatic rings. The average Bonchev–Trinajstić information content (AvgIpc) is 1.87. The summed E-state index contributed by atoms with van der Waals surface area (Å²) in [4.78, 5) is 0. The molecule has 2 unspecified atom stereocenters. The number of nitrogens with two attached hydrogens (primary N) is 1. The van der Waals surface area contributed by atoms with Crippen LogP contribution < -0.4 is 5.50 Å². The first-order valence-corrected chi connectivity index (χ1v) is 6.32. The fourth-order valence-corrected chi connectivity index (χ4v) is 3.32. The molecule has 0 saturated heterocycles. The fourth-order valence-electron chi connectivity index (χ4n) is 0.368. The molecule has 0 fully saturated rings. The molecule has 0 saturated carbocycles. The lowest BCUT2D eigenvalue weighted by molar-refractivity contribution is 0.410. The summed E-state index contributed by atoms with van der Waals surface area (Å²) >= 11 is 1.21. The van der Waals surface area contributed by atoms with Crippen LogP contribution in [0.1, 0.15) is 20.3 Å². The molecule has 0 aromatic carbocycles. The van der Waals surface area contributed by atoms with E-state index in [9.17, 15) is 4.57 Å². The Morgan fingerprint density at radius 3 is 2.60 bits per heavy atom. The highest BCUT2D eigenvalue weighted by Crippen LogP contribution is 2.53. The molecule has 0 heterocycles. The molecule has 2 N–H and O–H groups in total. The Kier molecular flexibility index (Phi) is 4.61. The topological polar surface area (TPSA) is 52.3 Å². The van der Waals surface area contributed by atoms with Gasteiger partial charge in [-0.05, 0) is 6.42 Å². The van der Waals surface area contributed by atoms with E-state index in [0.29, 0.717) is 5.25 Å². The van der Waals surface area contributed by atoms with Gasteiger partial charge in [0.05, 0.1) is 0 Å². The first kappa shape index (κ1) is 10.5. The molecule has 62 valence electrons. The molecule has 0 aromatic rings. The van der Waals surface area contributed by atoms with Crippen molar-refractivity contribution in [1.82, 2.24) is 0 Å². The molecule has 2 atom stereocenters. The molecule has 10 heavy (non-hydrogen) atoms. The first-order chi connectivity index (χ1) is 4.52. The summed E-state index contributed by atoms with van der Waals surface area (Å²) in [5.74, 6) is 0. The summed E-state index contributed by atoms with van der Waals surface area (Å²) in [6.07, 6.45) is 0.954. The second-order valence-corrected chi connectivity index (χ2v) is 6.67. The molecule has 0 rings (SSSR count). The second kappa shape index (κ2) is 4.39. The second-order valence-electron chi connectivity index (χ2n) is 2.05. The summed E-state index contributed by atoms with van der Waals surface area (Å²) in [7, 11) is 1.37. The molecule has 0 spiro atoms. The van der Waals surface area contributed by atoms with Crippen LogP contribution in [0.5, 0.6) is 0 Å². The summed E-state index contributed by atoms with van der Waals surface area (Å²) in [5, 5.41) is 0.302. The van der Waals surface area contributed by atoms with E-state index in [1.807, 2.05) is 13.8 Å². The lowest BCUT2D eigenvalue weighted by Gasteiger charge is -2.12. The Hall–Kier alpha value is 0.500. The molecule has 0 aromatic heterocycles. The van der Waals surface area contributed by atoms with E-state index in [4.69, 9.17) is 5.50 Å². The highest BCUT2D eigenvalue weighted by molar-refractivity contribution is 8.56. The van der Waals surface area contributed by atoms with Crippen LogP contribution in [0.15, 0.2) is 0 Å². The van der Waals surface area contributed by atoms with E-state index in [2.05, 4.69) is 4.52 Å². The lowest BCUT2D eigenvalue weighted by Crippen LogP contribution is -1.99. The van der Waals surface area contributed by atoms with Gasteiger partial charge in [-0.2, -0.15) is 0 Å². The third-order valence-corrected chi connectivity index (χ3v) is 5.06. The number of rotatable bonds is 4. The summed E-state index contributed by atoms with van der Waals surface area (Å²) in [6, 6.07) is 0. The Morgan fingerprint density at radius 2 is 2.30 bits per heavy atom. The molecule has 0 bridgehead atoms. The van der Waals surface area contributed by atoms with Crippen molar-refractivity contribution >= 4 is 18.1 Å². The maximum absolute atomic E-state index is 11.1. The Labute approximate surface area is 66.0 Å². The van der Waals surface area contributed by atoms with Gasteiger partial charge in [-0.1, -0.05) is 25.2 Å². The average molecular weight is 183 g/mol. The SMILES string of the molecule is CCC(C)SP(N)(=O)OC. The third kappa shape index (κ3) is 4.34. The Morgan fingerprint density at radius 1 is 1.80 bits per heavy atom. The Bertz CT molecular complexity index is 142. The lowest BCUT2D eigenvalue weighted by atomic mass is 10.4. The van der Waals surface area contributed by atoms with Crippen LogP contribution >= 0.6 is 18.1 Å². The maximum Gasteiger partial charge on any atom is 0.323 e. The maximum atomic E-state index is 11.1. The van der Waals surface area contributed by atoms with Crippen LogP contribution in [0.3, 0.4) is 0 Å². The normalized spacial score (nSPS) is 20.0. The third-order valence-electron chi connectivity index (χ3n) is 1.16. The van der Waals surface area contributed by atoms with E-state index in [1.54, 1.807) is 0 Å². The van der Waals surface area contributed by atoms with Crippen molar-refractivity contribution in [3.8, 4) is 0 Å². The molecule has 0 amide bonds. The monoisotopic (exact) mass is 183 g/mol. The van der Waals surface area contributed by atoms with Gasteiger partial charge in [0, 0.05) is 12.4 Å². The largest absolute Gasteiger partial charge is 0.323 e. The van der Waals surface area contributed by atoms with Crippen molar-refractivity contribution < 1.29 is 9.09 Å². The molecule has 0 radical (unpaired) electrons. The van der Waals surface area contributed by atoms with Crippen molar-refractivity contribution in [1.29, 1.82) is 0 Å². The standard InChI is InChI=1S/C5H14NO2PS/c1-4-5(2)10-9(6,7)8-3/h5H,4H2,1-3H3,(H2,6,7). The minimum absolute atomic E-state index is 0.302. The highest BCUT2D eigenvalue weighted by atomic mass is 32.7. The zero-order valence-corrected chi connectivity index (χ0v) is 8.24. The first-order valence-electron chi connectivity index (χ1n) is 3.14. The number of hydrogen-bond acceptors (Lipinski definition) is 3. The molecule has 0 aliphatic carbocycles. The minimum Gasteiger partial charge on any atom is -0.313 e. The molecule has 0 aliphatic heterocycles. The van der Waals surface area contributed by atoms with Gasteiger partial charge in [-0.25, -0.2) is 0 Å². The van der Waals surface area contributed by atoms with E-state index < -0.39 is 6.72 Å². The highest BCUT2D eigenvalue weighted by Gasteiger charge is 2.18. The van der Waals surface area contributed by atoms with E-state index in [0.717, 1.165) is 6.42 Å². The van der Waals surface area contributed by atoms with Crippen LogP contribution in [0, 0.1) is 0 Å². The molecule has 3 nitrogen and oxygen atoms in total. The van der Waals surface area contributed by atoms with Crippen molar-refractivity contribution in [2.24, 2.45) is 5.50 Å². The van der Waals surface area contributed by atoms with Gasteiger partial charge in [0.25, 0.3) is 0 Å². The fraction of sp³-hybridized carbons (Fsp3) is 1.00. The summed E-state index contributed by atoms with van der Waals surface area (Å²) in [5.41, 5.74) is 5.29. The van der Waals surface area contributed by atoms with Crippen molar-refractivity contribution in [2.45, 2.75) is 25.5 Å². The summed E-state index contributed by atoms with van der Waals surface area (Å²) in [6.45, 7) is 1.17. The van der Waals surface area contributed by atoms with Crippen molar-refractivity contribution in [2.75, 3.05) is 7.11 Å². The van der Waals surface area contributed by atoms with Crippen LogP contribution in [0.4, 0.5) is 0 Å².